The molecule has 1 aliphatic carbocycles. The zero-order chi connectivity index (χ0) is 15.5. The van der Waals surface area contributed by atoms with Crippen molar-refractivity contribution in [2.75, 3.05) is 11.9 Å². The molecule has 1 saturated carbocycles. The summed E-state index contributed by atoms with van der Waals surface area (Å²) in [7, 11) is 0. The zero-order valence-corrected chi connectivity index (χ0v) is 12.2. The fraction of sp³-hybridized carbons (Fsp3) is 0.667. The van der Waals surface area contributed by atoms with Crippen molar-refractivity contribution in [1.29, 1.82) is 0 Å². The summed E-state index contributed by atoms with van der Waals surface area (Å²) in [4.78, 5) is 15.4. The number of carbonyl (C=O) groups excluding carboxylic acids is 1. The molecule has 118 valence electrons. The van der Waals surface area contributed by atoms with Gasteiger partial charge in [-0.05, 0) is 19.8 Å². The molecule has 9 heteroatoms. The standard InChI is InChI=1S/C12H16F3N3O2S/c1-2-20-9-3-7(4-9)16-10(19)18-11-17-8(6-21-11)5-12(13,14)15/h6-7,9H,2-5H2,1H3,(H2,16,17,18,19). The largest absolute Gasteiger partial charge is 0.394 e. The lowest BCUT2D eigenvalue weighted by molar-refractivity contribution is -0.127. The van der Waals surface area contributed by atoms with Crippen molar-refractivity contribution in [3.63, 3.8) is 0 Å². The molecule has 1 heterocycles. The molecule has 0 unspecified atom stereocenters. The quantitative estimate of drug-likeness (QED) is 0.876. The lowest BCUT2D eigenvalue weighted by atomic mass is 9.89. The third kappa shape index (κ3) is 5.16. The Kier molecular flexibility index (Phi) is 5.04. The molecule has 1 fully saturated rings. The van der Waals surface area contributed by atoms with E-state index >= 15 is 0 Å². The maximum atomic E-state index is 12.2. The number of carbonyl (C=O) groups is 1. The van der Waals surface area contributed by atoms with Gasteiger partial charge < -0.3 is 10.1 Å². The lowest BCUT2D eigenvalue weighted by Gasteiger charge is -2.35. The molecule has 21 heavy (non-hydrogen) atoms. The maximum Gasteiger partial charge on any atom is 0.394 e. The van der Waals surface area contributed by atoms with E-state index in [0.717, 1.165) is 24.2 Å². The molecule has 0 bridgehead atoms. The first-order chi connectivity index (χ1) is 9.85. The number of ether oxygens (including phenoxy) is 1. The van der Waals surface area contributed by atoms with E-state index in [9.17, 15) is 18.0 Å². The number of aromatic nitrogens is 1. The van der Waals surface area contributed by atoms with E-state index < -0.39 is 18.6 Å². The summed E-state index contributed by atoms with van der Waals surface area (Å²) in [6, 6.07) is -0.418. The highest BCUT2D eigenvalue weighted by Crippen LogP contribution is 2.25. The van der Waals surface area contributed by atoms with Gasteiger partial charge in [0.25, 0.3) is 0 Å². The summed E-state index contributed by atoms with van der Waals surface area (Å²) in [5.74, 6) is 0. The minimum atomic E-state index is -4.30. The van der Waals surface area contributed by atoms with Gasteiger partial charge in [0.1, 0.15) is 0 Å². The van der Waals surface area contributed by atoms with Crippen molar-refractivity contribution in [3.8, 4) is 0 Å². The van der Waals surface area contributed by atoms with Gasteiger partial charge in [-0.2, -0.15) is 13.2 Å². The zero-order valence-electron chi connectivity index (χ0n) is 11.4. The van der Waals surface area contributed by atoms with E-state index in [-0.39, 0.29) is 23.0 Å². The molecule has 0 spiro atoms. The van der Waals surface area contributed by atoms with Gasteiger partial charge in [-0.15, -0.1) is 11.3 Å². The van der Waals surface area contributed by atoms with E-state index in [1.807, 2.05) is 6.92 Å². The molecule has 0 aliphatic heterocycles. The Hall–Kier alpha value is -1.35. The number of urea groups is 1. The van der Waals surface area contributed by atoms with E-state index in [2.05, 4.69) is 15.6 Å². The lowest BCUT2D eigenvalue weighted by Crippen LogP contribution is -2.49. The summed E-state index contributed by atoms with van der Waals surface area (Å²) in [6.45, 7) is 2.55. The van der Waals surface area contributed by atoms with Crippen molar-refractivity contribution >= 4 is 22.5 Å². The first-order valence-corrected chi connectivity index (χ1v) is 7.44. The van der Waals surface area contributed by atoms with Crippen LogP contribution in [0.3, 0.4) is 0 Å². The molecule has 1 aliphatic rings. The SMILES string of the molecule is CCOC1CC(NC(=O)Nc2nc(CC(F)(F)F)cs2)C1. The Bertz CT molecular complexity index is 486. The van der Waals surface area contributed by atoms with Crippen molar-refractivity contribution < 1.29 is 22.7 Å². The van der Waals surface area contributed by atoms with Gasteiger partial charge in [-0.3, -0.25) is 5.32 Å². The monoisotopic (exact) mass is 323 g/mol. The topological polar surface area (TPSA) is 63.2 Å². The van der Waals surface area contributed by atoms with Crippen LogP contribution in [0.2, 0.25) is 0 Å². The predicted octanol–water partition coefficient (Wildman–Crippen LogP) is 2.94. The third-order valence-electron chi connectivity index (χ3n) is 2.99. The van der Waals surface area contributed by atoms with E-state index in [0.29, 0.717) is 6.61 Å². The van der Waals surface area contributed by atoms with Gasteiger partial charge in [0.15, 0.2) is 5.13 Å². The first-order valence-electron chi connectivity index (χ1n) is 6.56. The van der Waals surface area contributed by atoms with Crippen LogP contribution in [0.15, 0.2) is 5.38 Å². The highest BCUT2D eigenvalue weighted by molar-refractivity contribution is 7.13. The van der Waals surface area contributed by atoms with Gasteiger partial charge in [0.05, 0.1) is 18.2 Å². The van der Waals surface area contributed by atoms with Crippen LogP contribution in [0.1, 0.15) is 25.5 Å². The highest BCUT2D eigenvalue weighted by Gasteiger charge is 2.31. The van der Waals surface area contributed by atoms with Crippen LogP contribution >= 0.6 is 11.3 Å². The molecule has 2 N–H and O–H groups in total. The molecular formula is C12H16F3N3O2S. The van der Waals surface area contributed by atoms with Crippen LogP contribution in [0.4, 0.5) is 23.1 Å². The second-order valence-electron chi connectivity index (χ2n) is 4.78. The van der Waals surface area contributed by atoms with E-state index in [4.69, 9.17) is 4.74 Å². The Balaban J connectivity index is 1.73. The minimum Gasteiger partial charge on any atom is -0.378 e. The number of anilines is 1. The van der Waals surface area contributed by atoms with Crippen molar-refractivity contribution in [1.82, 2.24) is 10.3 Å². The number of nitrogens with one attached hydrogen (secondary N) is 2. The van der Waals surface area contributed by atoms with E-state index in [1.165, 1.54) is 5.38 Å². The number of hydrogen-bond acceptors (Lipinski definition) is 4. The summed E-state index contributed by atoms with van der Waals surface area (Å²) >= 11 is 0.972. The number of halogens is 3. The van der Waals surface area contributed by atoms with Crippen molar-refractivity contribution in [2.45, 2.75) is 44.5 Å². The molecule has 5 nitrogen and oxygen atoms in total. The number of alkyl halides is 3. The van der Waals surface area contributed by atoms with Gasteiger partial charge in [0.2, 0.25) is 0 Å². The minimum absolute atomic E-state index is 0.0381. The molecule has 0 aromatic carbocycles. The molecule has 0 atom stereocenters. The summed E-state index contributed by atoms with van der Waals surface area (Å²) < 4.78 is 41.9. The van der Waals surface area contributed by atoms with Crippen molar-refractivity contribution in [2.24, 2.45) is 0 Å². The molecule has 1 aromatic rings. The summed E-state index contributed by atoms with van der Waals surface area (Å²) in [5, 5.41) is 6.62. The fourth-order valence-corrected chi connectivity index (χ4v) is 2.73. The molecule has 0 radical (unpaired) electrons. The normalized spacial score (nSPS) is 21.7. The smallest absolute Gasteiger partial charge is 0.378 e. The molecule has 2 amide bonds. The number of amides is 2. The van der Waals surface area contributed by atoms with Gasteiger partial charge in [-0.1, -0.05) is 0 Å². The van der Waals surface area contributed by atoms with Crippen LogP contribution in [0.25, 0.3) is 0 Å². The highest BCUT2D eigenvalue weighted by atomic mass is 32.1. The third-order valence-corrected chi connectivity index (χ3v) is 3.79. The Morgan fingerprint density at radius 1 is 1.52 bits per heavy atom. The second-order valence-corrected chi connectivity index (χ2v) is 5.64. The number of rotatable bonds is 5. The van der Waals surface area contributed by atoms with Gasteiger partial charge in [0, 0.05) is 18.0 Å². The summed E-state index contributed by atoms with van der Waals surface area (Å²) in [5.41, 5.74) is -0.0946. The van der Waals surface area contributed by atoms with Crippen LogP contribution in [-0.2, 0) is 11.2 Å². The Morgan fingerprint density at radius 3 is 2.86 bits per heavy atom. The average molecular weight is 323 g/mol. The predicted molar refractivity (Wildman–Crippen MR) is 72.5 cm³/mol. The molecular weight excluding hydrogens is 307 g/mol. The van der Waals surface area contributed by atoms with Crippen LogP contribution in [-0.4, -0.2) is 35.9 Å². The van der Waals surface area contributed by atoms with Crippen LogP contribution in [0, 0.1) is 0 Å². The van der Waals surface area contributed by atoms with Gasteiger partial charge in [-0.25, -0.2) is 9.78 Å². The molecule has 0 saturated heterocycles. The van der Waals surface area contributed by atoms with Crippen LogP contribution < -0.4 is 10.6 Å². The maximum absolute atomic E-state index is 12.2. The molecule has 2 rings (SSSR count). The second kappa shape index (κ2) is 6.61. The Labute approximate surface area is 123 Å². The number of hydrogen-bond donors (Lipinski definition) is 2. The summed E-state index contributed by atoms with van der Waals surface area (Å²) in [6.07, 6.45) is -3.71. The average Bonchev–Trinajstić information content (AvgIpc) is 2.71. The number of thiazole rings is 1. The number of nitrogens with zero attached hydrogens (tertiary/aromatic N) is 1. The van der Waals surface area contributed by atoms with Crippen molar-refractivity contribution in [3.05, 3.63) is 11.1 Å². The fourth-order valence-electron chi connectivity index (χ4n) is 2.02. The van der Waals surface area contributed by atoms with Gasteiger partial charge >= 0.3 is 12.2 Å². The Morgan fingerprint density at radius 2 is 2.24 bits per heavy atom. The molecule has 1 aromatic heterocycles. The van der Waals surface area contributed by atoms with E-state index in [1.54, 1.807) is 0 Å². The van der Waals surface area contributed by atoms with Crippen LogP contribution in [0.5, 0.6) is 0 Å². The first kappa shape index (κ1) is 16.0.